The second-order valence-electron chi connectivity index (χ2n) is 13.6. The normalized spacial score (nSPS) is 14.7. The highest BCUT2D eigenvalue weighted by Crippen LogP contribution is 2.43. The molecule has 8 nitrogen and oxygen atoms in total. The van der Waals surface area contributed by atoms with Crippen LogP contribution in [0.25, 0.3) is 0 Å². The number of hydrogen-bond donors (Lipinski definition) is 1. The Morgan fingerprint density at radius 3 is 1.73 bits per heavy atom. The van der Waals surface area contributed by atoms with Gasteiger partial charge in [0, 0.05) is 13.0 Å². The fraction of sp³-hybridized carbons (Fsp3) is 0.725. The smallest absolute Gasteiger partial charge is 0.457 e. The van der Waals surface area contributed by atoms with Gasteiger partial charge in [-0.3, -0.25) is 13.8 Å². The number of unbranched alkanes of at least 4 members (excludes halogenated alkanes) is 10. The van der Waals surface area contributed by atoms with Gasteiger partial charge in [0.05, 0.1) is 34.4 Å². The Kier molecular flexibility index (Phi) is 32.1. The lowest BCUT2D eigenvalue weighted by Crippen LogP contribution is -2.37. The van der Waals surface area contributed by atoms with Crippen LogP contribution in [-0.2, 0) is 27.9 Å². The van der Waals surface area contributed by atoms with Crippen LogP contribution in [0.2, 0.25) is 0 Å². The van der Waals surface area contributed by atoms with Crippen molar-refractivity contribution < 1.29 is 37.3 Å². The van der Waals surface area contributed by atoms with Crippen molar-refractivity contribution in [1.82, 2.24) is 0 Å². The molecule has 0 radical (unpaired) electrons. The molecule has 0 aromatic carbocycles. The third-order valence-electron chi connectivity index (χ3n) is 7.59. The summed E-state index contributed by atoms with van der Waals surface area (Å²) in [5.74, 6) is -0.345. The lowest BCUT2D eigenvalue weighted by molar-refractivity contribution is -0.870. The summed E-state index contributed by atoms with van der Waals surface area (Å²) in [6.07, 6.45) is 40.5. The zero-order valence-corrected chi connectivity index (χ0v) is 32.8. The lowest BCUT2D eigenvalue weighted by atomic mass is 10.1. The molecule has 1 N–H and O–H groups in total. The van der Waals surface area contributed by atoms with E-state index in [1.807, 2.05) is 21.1 Å². The topological polar surface area (TPSA) is 91.3 Å². The number of phosphoric acid groups is 1. The minimum atomic E-state index is -4.25. The van der Waals surface area contributed by atoms with Crippen molar-refractivity contribution in [2.45, 2.75) is 136 Å². The van der Waals surface area contributed by atoms with Crippen LogP contribution in [0.5, 0.6) is 0 Å². The first kappa shape index (κ1) is 47.2. The number of carbonyl (C=O) groups is 1. The lowest BCUT2D eigenvalue weighted by Gasteiger charge is -2.24. The predicted molar refractivity (Wildman–Crippen MR) is 205 cm³/mol. The number of rotatable bonds is 34. The van der Waals surface area contributed by atoms with Gasteiger partial charge >= 0.3 is 13.8 Å². The van der Waals surface area contributed by atoms with Crippen molar-refractivity contribution in [1.29, 1.82) is 0 Å². The molecule has 0 aliphatic carbocycles. The fourth-order valence-electron chi connectivity index (χ4n) is 4.64. The summed E-state index contributed by atoms with van der Waals surface area (Å²) in [6, 6.07) is 0. The second kappa shape index (κ2) is 33.3. The van der Waals surface area contributed by atoms with Crippen LogP contribution in [-0.4, -0.2) is 75.6 Å². The number of nitrogens with zero attached hydrogens (tertiary/aromatic N) is 1. The van der Waals surface area contributed by atoms with E-state index < -0.39 is 13.9 Å². The van der Waals surface area contributed by atoms with E-state index in [1.165, 1.54) is 38.5 Å². The Labute approximate surface area is 300 Å². The zero-order valence-electron chi connectivity index (χ0n) is 31.9. The molecule has 284 valence electrons. The molecule has 0 spiro atoms. The van der Waals surface area contributed by atoms with Gasteiger partial charge in [-0.15, -0.1) is 0 Å². The maximum atomic E-state index is 12.3. The number of quaternary nitrogens is 1. The number of phosphoric ester groups is 1. The summed E-state index contributed by atoms with van der Waals surface area (Å²) in [6.45, 7) is 5.29. The van der Waals surface area contributed by atoms with Crippen LogP contribution in [0.15, 0.2) is 60.8 Å². The van der Waals surface area contributed by atoms with Crippen LogP contribution in [0, 0.1) is 0 Å². The number of likely N-dealkylation sites (N-methyl/N-ethyl adjacent to an activating group) is 1. The molecular formula is C40H73NO7P+. The third kappa shape index (κ3) is 37.3. The number of esters is 1. The minimum Gasteiger partial charge on any atom is -0.457 e. The Morgan fingerprint density at radius 2 is 1.18 bits per heavy atom. The summed E-state index contributed by atoms with van der Waals surface area (Å²) in [7, 11) is 1.65. The van der Waals surface area contributed by atoms with Gasteiger partial charge in [-0.25, -0.2) is 4.57 Å². The monoisotopic (exact) mass is 711 g/mol. The summed E-state index contributed by atoms with van der Waals surface area (Å²) >= 11 is 0. The van der Waals surface area contributed by atoms with E-state index in [-0.39, 0.29) is 25.8 Å². The van der Waals surface area contributed by atoms with Crippen molar-refractivity contribution >= 4 is 13.8 Å². The summed E-state index contributed by atoms with van der Waals surface area (Å²) < 4.78 is 34.4. The molecule has 0 saturated heterocycles. The van der Waals surface area contributed by atoms with Gasteiger partial charge in [0.2, 0.25) is 0 Å². The number of ether oxygens (including phenoxy) is 2. The Hall–Kier alpha value is -1.80. The SMILES string of the molecule is CC/C=C\C/C=C\C/C=C\C/C=C\C/C=C\CCCCCCCCCCOCC(COP(=O)(O)OCC[N+](C)(C)C)OC(=O)CCCCC. The molecule has 0 fully saturated rings. The van der Waals surface area contributed by atoms with Crippen LogP contribution >= 0.6 is 7.82 Å². The average molecular weight is 711 g/mol. The van der Waals surface area contributed by atoms with Crippen molar-refractivity contribution in [3.8, 4) is 0 Å². The van der Waals surface area contributed by atoms with Gasteiger partial charge in [0.15, 0.2) is 0 Å². The molecule has 0 saturated carbocycles. The Morgan fingerprint density at radius 1 is 0.653 bits per heavy atom. The molecule has 0 aliphatic heterocycles. The molecule has 0 aromatic rings. The van der Waals surface area contributed by atoms with Crippen molar-refractivity contribution in [3.05, 3.63) is 60.8 Å². The first-order valence-electron chi connectivity index (χ1n) is 19.0. The summed E-state index contributed by atoms with van der Waals surface area (Å²) in [4.78, 5) is 22.3. The van der Waals surface area contributed by atoms with E-state index in [1.54, 1.807) is 0 Å². The third-order valence-corrected chi connectivity index (χ3v) is 8.58. The molecule has 9 heteroatoms. The van der Waals surface area contributed by atoms with Gasteiger partial charge in [-0.2, -0.15) is 0 Å². The predicted octanol–water partition coefficient (Wildman–Crippen LogP) is 10.6. The maximum Gasteiger partial charge on any atom is 0.472 e. The van der Waals surface area contributed by atoms with E-state index in [0.717, 1.165) is 70.6 Å². The molecule has 2 unspecified atom stereocenters. The highest BCUT2D eigenvalue weighted by Gasteiger charge is 2.26. The molecule has 0 aromatic heterocycles. The number of allylic oxidation sites excluding steroid dienone is 10. The van der Waals surface area contributed by atoms with E-state index in [2.05, 4.69) is 74.6 Å². The molecule has 0 rings (SSSR count). The summed E-state index contributed by atoms with van der Waals surface area (Å²) in [5.41, 5.74) is 0. The van der Waals surface area contributed by atoms with Gasteiger partial charge in [0.25, 0.3) is 0 Å². The largest absolute Gasteiger partial charge is 0.472 e. The van der Waals surface area contributed by atoms with E-state index in [0.29, 0.717) is 24.1 Å². The average Bonchev–Trinajstić information content (AvgIpc) is 3.04. The van der Waals surface area contributed by atoms with Gasteiger partial charge in [-0.05, 0) is 57.8 Å². The van der Waals surface area contributed by atoms with Crippen molar-refractivity contribution in [3.63, 3.8) is 0 Å². The quantitative estimate of drug-likeness (QED) is 0.0234. The van der Waals surface area contributed by atoms with E-state index >= 15 is 0 Å². The minimum absolute atomic E-state index is 0.0837. The van der Waals surface area contributed by atoms with Gasteiger partial charge < -0.3 is 18.9 Å². The fourth-order valence-corrected chi connectivity index (χ4v) is 5.38. The summed E-state index contributed by atoms with van der Waals surface area (Å²) in [5, 5.41) is 0. The van der Waals surface area contributed by atoms with Crippen molar-refractivity contribution in [2.75, 3.05) is 54.1 Å². The highest BCUT2D eigenvalue weighted by atomic mass is 31.2. The van der Waals surface area contributed by atoms with Gasteiger partial charge in [0.1, 0.15) is 19.3 Å². The standard InChI is InChI=1S/C40H72NO7P/c1-6-8-10-11-12-13-14-15-16-17-18-19-20-21-22-23-24-25-26-27-28-29-30-32-35-45-37-39(48-40(42)33-31-9-7-2)38-47-49(43,44)46-36-34-41(3,4)5/h8,10,12-13,15-16,18-19,21-22,39H,6-7,9,11,14,17,20,23-38H2,1-5H3/p+1/b10-8-,13-12-,16-15-,19-18-,22-21-. The van der Waals surface area contributed by atoms with Gasteiger partial charge in [-0.1, -0.05) is 126 Å². The molecule has 0 bridgehead atoms. The molecule has 2 atom stereocenters. The van der Waals surface area contributed by atoms with Crippen LogP contribution in [0.4, 0.5) is 0 Å². The first-order valence-corrected chi connectivity index (χ1v) is 20.5. The first-order chi connectivity index (χ1) is 23.6. The molecular weight excluding hydrogens is 637 g/mol. The highest BCUT2D eigenvalue weighted by molar-refractivity contribution is 7.47. The zero-order chi connectivity index (χ0) is 36.3. The van der Waals surface area contributed by atoms with Crippen molar-refractivity contribution in [2.24, 2.45) is 0 Å². The molecule has 49 heavy (non-hydrogen) atoms. The van der Waals surface area contributed by atoms with E-state index in [9.17, 15) is 14.3 Å². The number of carbonyl (C=O) groups excluding carboxylic acids is 1. The van der Waals surface area contributed by atoms with Crippen LogP contribution < -0.4 is 0 Å². The van der Waals surface area contributed by atoms with E-state index in [4.69, 9.17) is 18.5 Å². The second-order valence-corrected chi connectivity index (χ2v) is 15.0. The maximum absolute atomic E-state index is 12.3. The molecule has 0 heterocycles. The van der Waals surface area contributed by atoms with Crippen LogP contribution in [0.3, 0.4) is 0 Å². The Balaban J connectivity index is 3.96. The molecule has 0 amide bonds. The van der Waals surface area contributed by atoms with Crippen LogP contribution in [0.1, 0.15) is 129 Å². The Bertz CT molecular complexity index is 968. The molecule has 0 aliphatic rings. The number of hydrogen-bond acceptors (Lipinski definition) is 6.